The van der Waals surface area contributed by atoms with Crippen molar-refractivity contribution < 1.29 is 4.79 Å². The van der Waals surface area contributed by atoms with E-state index in [9.17, 15) is 4.79 Å². The highest BCUT2D eigenvalue weighted by atomic mass is 35.5. The molecule has 7 heteroatoms. The van der Waals surface area contributed by atoms with Gasteiger partial charge in [-0.05, 0) is 48.9 Å². The number of aromatic nitrogens is 2. The van der Waals surface area contributed by atoms with Crippen molar-refractivity contribution >= 4 is 35.1 Å². The van der Waals surface area contributed by atoms with Crippen LogP contribution in [0.15, 0.2) is 30.5 Å². The molecular formula is C19H22Cl2N4O. The molecule has 1 aliphatic rings. The lowest BCUT2D eigenvalue weighted by Crippen LogP contribution is -2.36. The standard InChI is InChI=1S/C19H22Cl2N4O/c1-13-3-2-10-25(12-13)19-23-9-7-17(24-19)18(26)22-8-6-14-4-5-15(20)11-16(14)21/h4-5,7,9,11,13H,2-3,6,8,10,12H2,1H3,(H,22,26). The van der Waals surface area contributed by atoms with E-state index in [1.54, 1.807) is 24.4 Å². The number of anilines is 1. The molecule has 3 rings (SSSR count). The molecule has 1 aliphatic heterocycles. The van der Waals surface area contributed by atoms with Gasteiger partial charge in [-0.1, -0.05) is 36.2 Å². The first-order valence-corrected chi connectivity index (χ1v) is 9.58. The summed E-state index contributed by atoms with van der Waals surface area (Å²) in [5.41, 5.74) is 1.33. The molecule has 2 heterocycles. The van der Waals surface area contributed by atoms with E-state index in [1.165, 1.54) is 6.42 Å². The predicted octanol–water partition coefficient (Wildman–Crippen LogP) is 3.99. The molecule has 138 valence electrons. The Labute approximate surface area is 163 Å². The fourth-order valence-corrected chi connectivity index (χ4v) is 3.63. The highest BCUT2D eigenvalue weighted by molar-refractivity contribution is 6.35. The minimum absolute atomic E-state index is 0.205. The van der Waals surface area contributed by atoms with Crippen LogP contribution >= 0.6 is 23.2 Å². The summed E-state index contributed by atoms with van der Waals surface area (Å²) in [5, 5.41) is 4.10. The van der Waals surface area contributed by atoms with Crippen molar-refractivity contribution in [2.45, 2.75) is 26.2 Å². The maximum absolute atomic E-state index is 12.4. The summed E-state index contributed by atoms with van der Waals surface area (Å²) in [6.45, 7) is 4.56. The second-order valence-electron chi connectivity index (χ2n) is 6.68. The number of halogens is 2. The van der Waals surface area contributed by atoms with Crippen molar-refractivity contribution in [1.29, 1.82) is 0 Å². The van der Waals surface area contributed by atoms with Gasteiger partial charge in [-0.2, -0.15) is 0 Å². The molecule has 0 spiro atoms. The van der Waals surface area contributed by atoms with Crippen LogP contribution in [0.5, 0.6) is 0 Å². The van der Waals surface area contributed by atoms with E-state index in [0.29, 0.717) is 40.6 Å². The molecule has 1 aromatic carbocycles. The van der Waals surface area contributed by atoms with Gasteiger partial charge in [0.05, 0.1) is 0 Å². The number of carbonyl (C=O) groups is 1. The van der Waals surface area contributed by atoms with Crippen molar-refractivity contribution in [3.8, 4) is 0 Å². The molecule has 2 aromatic rings. The average molecular weight is 393 g/mol. The Kier molecular flexibility index (Phi) is 6.33. The third-order valence-corrected chi connectivity index (χ3v) is 5.10. The van der Waals surface area contributed by atoms with Gasteiger partial charge in [0.25, 0.3) is 5.91 Å². The number of carbonyl (C=O) groups excluding carboxylic acids is 1. The molecular weight excluding hydrogens is 371 g/mol. The van der Waals surface area contributed by atoms with E-state index in [1.807, 2.05) is 6.07 Å². The monoisotopic (exact) mass is 392 g/mol. The van der Waals surface area contributed by atoms with Gasteiger partial charge in [0.1, 0.15) is 5.69 Å². The van der Waals surface area contributed by atoms with E-state index < -0.39 is 0 Å². The fourth-order valence-electron chi connectivity index (χ4n) is 3.12. The zero-order chi connectivity index (χ0) is 18.5. The Hall–Kier alpha value is -1.85. The fraction of sp³-hybridized carbons (Fsp3) is 0.421. The Morgan fingerprint density at radius 3 is 2.96 bits per heavy atom. The van der Waals surface area contributed by atoms with Crippen molar-refractivity contribution in [3.63, 3.8) is 0 Å². The van der Waals surface area contributed by atoms with Crippen LogP contribution in [-0.4, -0.2) is 35.5 Å². The lowest BCUT2D eigenvalue weighted by molar-refractivity contribution is 0.0949. The number of hydrogen-bond acceptors (Lipinski definition) is 4. The van der Waals surface area contributed by atoms with E-state index in [-0.39, 0.29) is 5.91 Å². The Morgan fingerprint density at radius 1 is 1.35 bits per heavy atom. The van der Waals surface area contributed by atoms with Crippen LogP contribution < -0.4 is 10.2 Å². The maximum atomic E-state index is 12.4. The summed E-state index contributed by atoms with van der Waals surface area (Å²) in [5.74, 6) is 1.04. The number of amides is 1. The van der Waals surface area contributed by atoms with Gasteiger partial charge in [0, 0.05) is 35.9 Å². The molecule has 0 saturated carbocycles. The first kappa shape index (κ1) is 18.9. The van der Waals surface area contributed by atoms with Gasteiger partial charge in [0.15, 0.2) is 0 Å². The lowest BCUT2D eigenvalue weighted by atomic mass is 10.0. The van der Waals surface area contributed by atoms with E-state index in [0.717, 1.165) is 25.1 Å². The van der Waals surface area contributed by atoms with Crippen LogP contribution in [0.4, 0.5) is 5.95 Å². The van der Waals surface area contributed by atoms with Crippen LogP contribution in [0.1, 0.15) is 35.8 Å². The van der Waals surface area contributed by atoms with Gasteiger partial charge in [-0.3, -0.25) is 4.79 Å². The normalized spacial score (nSPS) is 17.2. The number of piperidine rings is 1. The van der Waals surface area contributed by atoms with Crippen molar-refractivity contribution in [1.82, 2.24) is 15.3 Å². The van der Waals surface area contributed by atoms with E-state index in [4.69, 9.17) is 23.2 Å². The molecule has 1 aromatic heterocycles. The van der Waals surface area contributed by atoms with Gasteiger partial charge < -0.3 is 10.2 Å². The highest BCUT2D eigenvalue weighted by Crippen LogP contribution is 2.21. The largest absolute Gasteiger partial charge is 0.350 e. The predicted molar refractivity (Wildman–Crippen MR) is 105 cm³/mol. The number of rotatable bonds is 5. The summed E-state index contributed by atoms with van der Waals surface area (Å²) < 4.78 is 0. The van der Waals surface area contributed by atoms with Gasteiger partial charge in [-0.25, -0.2) is 9.97 Å². The molecule has 1 atom stereocenters. The number of hydrogen-bond donors (Lipinski definition) is 1. The van der Waals surface area contributed by atoms with Crippen LogP contribution in [0, 0.1) is 5.92 Å². The van der Waals surface area contributed by atoms with Gasteiger partial charge >= 0.3 is 0 Å². The third-order valence-electron chi connectivity index (χ3n) is 4.51. The second-order valence-corrected chi connectivity index (χ2v) is 7.52. The van der Waals surface area contributed by atoms with Crippen LogP contribution in [0.3, 0.4) is 0 Å². The van der Waals surface area contributed by atoms with E-state index in [2.05, 4.69) is 27.1 Å². The van der Waals surface area contributed by atoms with Gasteiger partial charge in [0.2, 0.25) is 5.95 Å². The Morgan fingerprint density at radius 2 is 2.19 bits per heavy atom. The molecule has 1 amide bonds. The van der Waals surface area contributed by atoms with Crippen LogP contribution in [0.25, 0.3) is 0 Å². The molecule has 1 unspecified atom stereocenters. The average Bonchev–Trinajstić information content (AvgIpc) is 2.63. The molecule has 26 heavy (non-hydrogen) atoms. The molecule has 0 radical (unpaired) electrons. The van der Waals surface area contributed by atoms with Gasteiger partial charge in [-0.15, -0.1) is 0 Å². The number of nitrogens with zero attached hydrogens (tertiary/aromatic N) is 3. The van der Waals surface area contributed by atoms with Crippen LogP contribution in [0.2, 0.25) is 10.0 Å². The minimum Gasteiger partial charge on any atom is -0.350 e. The Bertz CT molecular complexity index is 784. The molecule has 1 fully saturated rings. The second kappa shape index (κ2) is 8.69. The molecule has 0 aliphatic carbocycles. The smallest absolute Gasteiger partial charge is 0.270 e. The minimum atomic E-state index is -0.205. The number of benzene rings is 1. The van der Waals surface area contributed by atoms with Crippen molar-refractivity contribution in [3.05, 3.63) is 51.8 Å². The van der Waals surface area contributed by atoms with Crippen LogP contribution in [-0.2, 0) is 6.42 Å². The maximum Gasteiger partial charge on any atom is 0.270 e. The lowest BCUT2D eigenvalue weighted by Gasteiger charge is -2.30. The molecule has 5 nitrogen and oxygen atoms in total. The van der Waals surface area contributed by atoms with Crippen molar-refractivity contribution in [2.24, 2.45) is 5.92 Å². The summed E-state index contributed by atoms with van der Waals surface area (Å²) in [6, 6.07) is 7.01. The third kappa shape index (κ3) is 4.86. The zero-order valence-corrected chi connectivity index (χ0v) is 16.2. The quantitative estimate of drug-likeness (QED) is 0.835. The van der Waals surface area contributed by atoms with E-state index >= 15 is 0 Å². The summed E-state index contributed by atoms with van der Waals surface area (Å²) in [4.78, 5) is 23.3. The SMILES string of the molecule is CC1CCCN(c2nccc(C(=O)NCCc3ccc(Cl)cc3Cl)n2)C1. The number of nitrogens with one attached hydrogen (secondary N) is 1. The first-order chi connectivity index (χ1) is 12.5. The summed E-state index contributed by atoms with van der Waals surface area (Å²) >= 11 is 12.1. The zero-order valence-electron chi connectivity index (χ0n) is 14.7. The highest BCUT2D eigenvalue weighted by Gasteiger charge is 2.19. The summed E-state index contributed by atoms with van der Waals surface area (Å²) in [6.07, 6.45) is 4.63. The summed E-state index contributed by atoms with van der Waals surface area (Å²) in [7, 11) is 0. The molecule has 0 bridgehead atoms. The topological polar surface area (TPSA) is 58.1 Å². The molecule has 1 saturated heterocycles. The van der Waals surface area contributed by atoms with Crippen molar-refractivity contribution in [2.75, 3.05) is 24.5 Å². The first-order valence-electron chi connectivity index (χ1n) is 8.83. The molecule has 1 N–H and O–H groups in total. The Balaban J connectivity index is 1.58.